The minimum absolute atomic E-state index is 0.0225. The molecule has 0 bridgehead atoms. The number of carbonyl (C=O) groups is 2. The molecule has 0 aliphatic carbocycles. The number of carbonyl (C=O) groups excluding carboxylic acids is 2. The van der Waals surface area contributed by atoms with E-state index in [1.807, 2.05) is 6.92 Å². The maximum atomic E-state index is 12.0. The summed E-state index contributed by atoms with van der Waals surface area (Å²) in [6.45, 7) is 3.53. The molecule has 2 unspecified atom stereocenters. The normalized spacial score (nSPS) is 12.6. The smallest absolute Gasteiger partial charge is 0.251 e. The van der Waals surface area contributed by atoms with Crippen molar-refractivity contribution in [1.29, 1.82) is 0 Å². The molecule has 0 saturated carbocycles. The van der Waals surface area contributed by atoms with Gasteiger partial charge in [-0.1, -0.05) is 24.8 Å². The molecule has 0 fully saturated rings. The van der Waals surface area contributed by atoms with Crippen molar-refractivity contribution in [3.05, 3.63) is 35.4 Å². The molecular formula is C18H24N2O3. The number of rotatable bonds is 5. The summed E-state index contributed by atoms with van der Waals surface area (Å²) in [4.78, 5) is 25.5. The van der Waals surface area contributed by atoms with Crippen LogP contribution in [0.25, 0.3) is 0 Å². The fourth-order valence-electron chi connectivity index (χ4n) is 1.91. The Balaban J connectivity index is 2.91. The van der Waals surface area contributed by atoms with Crippen LogP contribution in [0.15, 0.2) is 24.3 Å². The highest BCUT2D eigenvalue weighted by atomic mass is 16.3. The lowest BCUT2D eigenvalue weighted by molar-refractivity contribution is -0.131. The third-order valence-electron chi connectivity index (χ3n) is 3.31. The number of nitrogens with one attached hydrogen (secondary N) is 1. The average molecular weight is 316 g/mol. The second kappa shape index (κ2) is 8.96. The van der Waals surface area contributed by atoms with E-state index in [1.54, 1.807) is 45.3 Å². The molecule has 0 heterocycles. The predicted octanol–water partition coefficient (Wildman–Crippen LogP) is 1.26. The minimum Gasteiger partial charge on any atom is -0.394 e. The molecule has 1 aromatic carbocycles. The summed E-state index contributed by atoms with van der Waals surface area (Å²) in [5, 5.41) is 11.7. The Labute approximate surface area is 137 Å². The van der Waals surface area contributed by atoms with Gasteiger partial charge in [-0.2, -0.15) is 0 Å². The van der Waals surface area contributed by atoms with E-state index in [0.29, 0.717) is 17.5 Å². The van der Waals surface area contributed by atoms with Crippen LogP contribution >= 0.6 is 0 Å². The number of benzene rings is 1. The standard InChI is InChI=1S/C18H24N2O3/c1-5-15(18(23)20(3)4)10-9-14-7-6-8-16(11-14)17(22)19-13(2)12-21/h6-8,11,13,15,21H,5,12H2,1-4H3,(H,19,22). The SMILES string of the molecule is CCC(C#Cc1cccc(C(=O)NC(C)CO)c1)C(=O)N(C)C. The molecular weight excluding hydrogens is 292 g/mol. The van der Waals surface area contributed by atoms with Crippen LogP contribution in [0.3, 0.4) is 0 Å². The Morgan fingerprint density at radius 1 is 1.35 bits per heavy atom. The van der Waals surface area contributed by atoms with Gasteiger partial charge in [-0.25, -0.2) is 0 Å². The lowest BCUT2D eigenvalue weighted by atomic mass is 10.0. The largest absolute Gasteiger partial charge is 0.394 e. The Morgan fingerprint density at radius 3 is 2.61 bits per heavy atom. The third kappa shape index (κ3) is 5.76. The predicted molar refractivity (Wildman–Crippen MR) is 89.8 cm³/mol. The van der Waals surface area contributed by atoms with Crippen LogP contribution in [0.2, 0.25) is 0 Å². The highest BCUT2D eigenvalue weighted by Crippen LogP contribution is 2.08. The maximum Gasteiger partial charge on any atom is 0.251 e. The quantitative estimate of drug-likeness (QED) is 0.804. The van der Waals surface area contributed by atoms with E-state index >= 15 is 0 Å². The van der Waals surface area contributed by atoms with E-state index < -0.39 is 0 Å². The number of hydrogen-bond acceptors (Lipinski definition) is 3. The summed E-state index contributed by atoms with van der Waals surface area (Å²) in [5.41, 5.74) is 1.16. The number of hydrogen-bond donors (Lipinski definition) is 2. The summed E-state index contributed by atoms with van der Waals surface area (Å²) < 4.78 is 0. The maximum absolute atomic E-state index is 12.0. The molecule has 0 aliphatic heterocycles. The summed E-state index contributed by atoms with van der Waals surface area (Å²) in [6.07, 6.45) is 0.637. The van der Waals surface area contributed by atoms with E-state index in [1.165, 1.54) is 4.90 Å². The van der Waals surface area contributed by atoms with E-state index in [0.717, 1.165) is 0 Å². The monoisotopic (exact) mass is 316 g/mol. The van der Waals surface area contributed by atoms with Gasteiger partial charge in [-0.3, -0.25) is 9.59 Å². The molecule has 1 aromatic rings. The van der Waals surface area contributed by atoms with Gasteiger partial charge in [0.1, 0.15) is 0 Å². The number of aliphatic hydroxyl groups excluding tert-OH is 1. The van der Waals surface area contributed by atoms with Crippen molar-refractivity contribution in [1.82, 2.24) is 10.2 Å². The van der Waals surface area contributed by atoms with Gasteiger partial charge in [0.2, 0.25) is 5.91 Å². The molecule has 5 nitrogen and oxygen atoms in total. The zero-order chi connectivity index (χ0) is 17.4. The molecule has 5 heteroatoms. The van der Waals surface area contributed by atoms with Gasteiger partial charge in [0.25, 0.3) is 5.91 Å². The molecule has 23 heavy (non-hydrogen) atoms. The summed E-state index contributed by atoms with van der Waals surface area (Å²) in [5.74, 6) is 5.31. The summed E-state index contributed by atoms with van der Waals surface area (Å²) in [6, 6.07) is 6.61. The van der Waals surface area contributed by atoms with E-state index in [4.69, 9.17) is 5.11 Å². The van der Waals surface area contributed by atoms with E-state index in [-0.39, 0.29) is 30.4 Å². The molecule has 0 aliphatic rings. The first-order chi connectivity index (χ1) is 10.9. The van der Waals surface area contributed by atoms with Gasteiger partial charge in [0.05, 0.1) is 12.5 Å². The van der Waals surface area contributed by atoms with Crippen molar-refractivity contribution in [3.8, 4) is 11.8 Å². The Morgan fingerprint density at radius 2 is 2.04 bits per heavy atom. The zero-order valence-corrected chi connectivity index (χ0v) is 14.1. The Hall–Kier alpha value is -2.32. The van der Waals surface area contributed by atoms with Crippen LogP contribution in [0.5, 0.6) is 0 Å². The first-order valence-corrected chi connectivity index (χ1v) is 7.63. The van der Waals surface area contributed by atoms with Gasteiger partial charge in [0.15, 0.2) is 0 Å². The molecule has 2 N–H and O–H groups in total. The van der Waals surface area contributed by atoms with Crippen molar-refractivity contribution in [2.24, 2.45) is 5.92 Å². The van der Waals surface area contributed by atoms with E-state index in [2.05, 4.69) is 17.2 Å². The van der Waals surface area contributed by atoms with Crippen molar-refractivity contribution in [3.63, 3.8) is 0 Å². The van der Waals surface area contributed by atoms with Crippen molar-refractivity contribution >= 4 is 11.8 Å². The lowest BCUT2D eigenvalue weighted by Gasteiger charge is -2.14. The first kappa shape index (κ1) is 18.7. The second-order valence-electron chi connectivity index (χ2n) is 5.60. The van der Waals surface area contributed by atoms with Crippen molar-refractivity contribution in [2.45, 2.75) is 26.3 Å². The van der Waals surface area contributed by atoms with Gasteiger partial charge in [0, 0.05) is 31.3 Å². The Kier molecular flexibility index (Phi) is 7.30. The second-order valence-corrected chi connectivity index (χ2v) is 5.60. The van der Waals surface area contributed by atoms with Crippen LogP contribution in [0, 0.1) is 17.8 Å². The summed E-state index contributed by atoms with van der Waals surface area (Å²) >= 11 is 0. The number of nitrogens with zero attached hydrogens (tertiary/aromatic N) is 1. The fourth-order valence-corrected chi connectivity index (χ4v) is 1.91. The summed E-state index contributed by atoms with van der Waals surface area (Å²) in [7, 11) is 3.42. The van der Waals surface area contributed by atoms with Crippen LogP contribution in [-0.4, -0.2) is 48.6 Å². The van der Waals surface area contributed by atoms with Gasteiger partial charge >= 0.3 is 0 Å². The number of aliphatic hydroxyl groups is 1. The van der Waals surface area contributed by atoms with Crippen LogP contribution < -0.4 is 5.32 Å². The molecule has 0 spiro atoms. The van der Waals surface area contributed by atoms with Crippen LogP contribution in [0.1, 0.15) is 36.2 Å². The van der Waals surface area contributed by atoms with Crippen LogP contribution in [0.4, 0.5) is 0 Å². The topological polar surface area (TPSA) is 69.6 Å². The lowest BCUT2D eigenvalue weighted by Crippen LogP contribution is -2.34. The van der Waals surface area contributed by atoms with Crippen molar-refractivity contribution < 1.29 is 14.7 Å². The van der Waals surface area contributed by atoms with E-state index in [9.17, 15) is 9.59 Å². The molecule has 2 atom stereocenters. The molecule has 2 amide bonds. The van der Waals surface area contributed by atoms with Crippen molar-refractivity contribution in [2.75, 3.05) is 20.7 Å². The minimum atomic E-state index is -0.350. The first-order valence-electron chi connectivity index (χ1n) is 7.63. The third-order valence-corrected chi connectivity index (χ3v) is 3.31. The molecule has 124 valence electrons. The van der Waals surface area contributed by atoms with Gasteiger partial charge in [-0.15, -0.1) is 0 Å². The number of amides is 2. The zero-order valence-electron chi connectivity index (χ0n) is 14.1. The molecule has 0 radical (unpaired) electrons. The van der Waals surface area contributed by atoms with Gasteiger partial charge in [-0.05, 0) is 31.5 Å². The fraction of sp³-hybridized carbons (Fsp3) is 0.444. The molecule has 0 aromatic heterocycles. The van der Waals surface area contributed by atoms with Crippen LogP contribution in [-0.2, 0) is 4.79 Å². The van der Waals surface area contributed by atoms with Gasteiger partial charge < -0.3 is 15.3 Å². The highest BCUT2D eigenvalue weighted by molar-refractivity contribution is 5.94. The molecule has 1 rings (SSSR count). The Bertz CT molecular complexity index is 614. The molecule has 0 saturated heterocycles. The average Bonchev–Trinajstić information content (AvgIpc) is 2.55. The highest BCUT2D eigenvalue weighted by Gasteiger charge is 2.15.